The van der Waals surface area contributed by atoms with E-state index in [1.54, 1.807) is 18.0 Å². The molecular formula is C26H36N6OS. The van der Waals surface area contributed by atoms with E-state index in [1.165, 1.54) is 10.5 Å². The maximum absolute atomic E-state index is 5.63. The molecule has 0 unspecified atom stereocenters. The van der Waals surface area contributed by atoms with Gasteiger partial charge in [-0.05, 0) is 50.1 Å². The number of pyridine rings is 1. The Labute approximate surface area is 207 Å². The van der Waals surface area contributed by atoms with Gasteiger partial charge in [-0.25, -0.2) is 0 Å². The quantitative estimate of drug-likeness (QED) is 0.306. The molecule has 1 N–H and O–H groups in total. The fourth-order valence-corrected chi connectivity index (χ4v) is 4.56. The van der Waals surface area contributed by atoms with Crippen LogP contribution < -0.4 is 5.32 Å². The highest BCUT2D eigenvalue weighted by atomic mass is 32.2. The lowest BCUT2D eigenvalue weighted by molar-refractivity contribution is 0.167. The first kappa shape index (κ1) is 25.8. The largest absolute Gasteiger partial charge is 0.377 e. The van der Waals surface area contributed by atoms with Crippen molar-refractivity contribution < 1.29 is 4.74 Å². The smallest absolute Gasteiger partial charge is 0.160 e. The summed E-state index contributed by atoms with van der Waals surface area (Å²) in [6.45, 7) is 14.4. The first-order chi connectivity index (χ1) is 16.2. The average Bonchev–Trinajstić information content (AvgIpc) is 3.23. The Morgan fingerprint density at radius 2 is 1.97 bits per heavy atom. The number of benzene rings is 1. The minimum Gasteiger partial charge on any atom is -0.377 e. The van der Waals surface area contributed by atoms with Crippen molar-refractivity contribution in [3.8, 4) is 0 Å². The third kappa shape index (κ3) is 6.39. The van der Waals surface area contributed by atoms with Crippen molar-refractivity contribution in [2.24, 2.45) is 5.10 Å². The van der Waals surface area contributed by atoms with E-state index >= 15 is 0 Å². The van der Waals surface area contributed by atoms with E-state index in [4.69, 9.17) is 4.74 Å². The molecule has 0 radical (unpaired) electrons. The molecule has 2 heterocycles. The van der Waals surface area contributed by atoms with Gasteiger partial charge in [0.15, 0.2) is 5.65 Å². The van der Waals surface area contributed by atoms with Crippen molar-refractivity contribution in [3.63, 3.8) is 0 Å². The van der Waals surface area contributed by atoms with Gasteiger partial charge in [-0.3, -0.25) is 9.41 Å². The number of nitrogens with one attached hydrogen (secondary N) is 1. The molecule has 3 rings (SSSR count). The molecule has 0 aliphatic heterocycles. The third-order valence-electron chi connectivity index (χ3n) is 5.23. The van der Waals surface area contributed by atoms with Gasteiger partial charge in [-0.2, -0.15) is 5.10 Å². The summed E-state index contributed by atoms with van der Waals surface area (Å²) in [5.41, 5.74) is 3.10. The molecule has 1 aromatic carbocycles. The Morgan fingerprint density at radius 3 is 2.68 bits per heavy atom. The fraction of sp³-hybridized carbons (Fsp3) is 0.423. The lowest BCUT2D eigenvalue weighted by Gasteiger charge is -2.22. The van der Waals surface area contributed by atoms with Crippen LogP contribution in [0.1, 0.15) is 52.9 Å². The van der Waals surface area contributed by atoms with Crippen LogP contribution in [-0.4, -0.2) is 46.1 Å². The zero-order valence-corrected chi connectivity index (χ0v) is 22.1. The van der Waals surface area contributed by atoms with Crippen molar-refractivity contribution in [1.29, 1.82) is 0 Å². The SMILES string of the molecule is C/C=N\N(C)/C(NCc1ccccc1Sc1ccc2nnc(C(C)(C)C)n2c1)=C(\C)COCC. The van der Waals surface area contributed by atoms with Crippen molar-refractivity contribution in [2.75, 3.05) is 20.3 Å². The van der Waals surface area contributed by atoms with Gasteiger partial charge in [0.2, 0.25) is 0 Å². The highest BCUT2D eigenvalue weighted by Crippen LogP contribution is 2.32. The van der Waals surface area contributed by atoms with Crippen LogP contribution in [0.4, 0.5) is 0 Å². The van der Waals surface area contributed by atoms with E-state index < -0.39 is 0 Å². The highest BCUT2D eigenvalue weighted by Gasteiger charge is 2.21. The molecule has 0 aliphatic rings. The number of rotatable bonds is 10. The molecule has 2 aromatic heterocycles. The van der Waals surface area contributed by atoms with E-state index in [0.29, 0.717) is 19.8 Å². The molecule has 0 saturated heterocycles. The minimum absolute atomic E-state index is 0.0837. The average molecular weight is 481 g/mol. The molecule has 0 fully saturated rings. The molecule has 0 atom stereocenters. The van der Waals surface area contributed by atoms with Crippen LogP contribution in [0.2, 0.25) is 0 Å². The van der Waals surface area contributed by atoms with E-state index in [2.05, 4.69) is 89.2 Å². The maximum atomic E-state index is 5.63. The molecule has 0 saturated carbocycles. The Morgan fingerprint density at radius 1 is 1.21 bits per heavy atom. The zero-order chi connectivity index (χ0) is 24.7. The van der Waals surface area contributed by atoms with Crippen LogP contribution >= 0.6 is 11.8 Å². The highest BCUT2D eigenvalue weighted by molar-refractivity contribution is 7.99. The summed E-state index contributed by atoms with van der Waals surface area (Å²) in [5, 5.41) is 18.6. The van der Waals surface area contributed by atoms with E-state index in [0.717, 1.165) is 27.8 Å². The summed E-state index contributed by atoms with van der Waals surface area (Å²) in [7, 11) is 1.94. The number of fused-ring (bicyclic) bond motifs is 1. The zero-order valence-electron chi connectivity index (χ0n) is 21.3. The van der Waals surface area contributed by atoms with Crippen molar-refractivity contribution >= 4 is 23.6 Å². The van der Waals surface area contributed by atoms with Gasteiger partial charge < -0.3 is 10.1 Å². The first-order valence-corrected chi connectivity index (χ1v) is 12.4. The van der Waals surface area contributed by atoms with Crippen molar-refractivity contribution in [1.82, 2.24) is 24.9 Å². The summed E-state index contributed by atoms with van der Waals surface area (Å²) < 4.78 is 7.72. The Balaban J connectivity index is 1.84. The van der Waals surface area contributed by atoms with E-state index in [-0.39, 0.29) is 5.41 Å². The molecule has 0 spiro atoms. The lowest BCUT2D eigenvalue weighted by Crippen LogP contribution is -2.27. The lowest BCUT2D eigenvalue weighted by atomic mass is 9.96. The van der Waals surface area contributed by atoms with Crippen molar-refractivity contribution in [2.45, 2.75) is 63.3 Å². The summed E-state index contributed by atoms with van der Waals surface area (Å²) in [6, 6.07) is 12.6. The van der Waals surface area contributed by atoms with Gasteiger partial charge in [-0.15, -0.1) is 10.2 Å². The van der Waals surface area contributed by atoms with Crippen LogP contribution in [-0.2, 0) is 16.7 Å². The summed E-state index contributed by atoms with van der Waals surface area (Å²) in [6.07, 6.45) is 3.92. The Kier molecular flexibility index (Phi) is 8.74. The molecule has 0 amide bonds. The van der Waals surface area contributed by atoms with Gasteiger partial charge in [-0.1, -0.05) is 50.7 Å². The predicted octanol–water partition coefficient (Wildman–Crippen LogP) is 5.47. The van der Waals surface area contributed by atoms with E-state index in [1.807, 2.05) is 32.0 Å². The Hall–Kier alpha value is -2.84. The molecule has 3 aromatic rings. The van der Waals surface area contributed by atoms with Crippen molar-refractivity contribution in [3.05, 3.63) is 65.4 Å². The number of ether oxygens (including phenoxy) is 1. The number of nitrogens with zero attached hydrogens (tertiary/aromatic N) is 5. The normalized spacial score (nSPS) is 12.9. The van der Waals surface area contributed by atoms with Crippen LogP contribution in [0.15, 0.2) is 68.9 Å². The van der Waals surface area contributed by atoms with Gasteiger partial charge in [0.1, 0.15) is 11.6 Å². The maximum Gasteiger partial charge on any atom is 0.160 e. The van der Waals surface area contributed by atoms with Crippen LogP contribution in [0.5, 0.6) is 0 Å². The minimum atomic E-state index is -0.0837. The topological polar surface area (TPSA) is 67.0 Å². The molecule has 7 nitrogen and oxygen atoms in total. The van der Waals surface area contributed by atoms with Crippen LogP contribution in [0, 0.1) is 0 Å². The first-order valence-electron chi connectivity index (χ1n) is 11.6. The van der Waals surface area contributed by atoms with Gasteiger partial charge >= 0.3 is 0 Å². The monoisotopic (exact) mass is 480 g/mol. The number of hydrogen-bond donors (Lipinski definition) is 1. The van der Waals surface area contributed by atoms with Gasteiger partial charge in [0.05, 0.1) is 6.61 Å². The molecular weight excluding hydrogens is 444 g/mol. The molecule has 34 heavy (non-hydrogen) atoms. The summed E-state index contributed by atoms with van der Waals surface area (Å²) in [5.74, 6) is 1.91. The molecule has 0 aliphatic carbocycles. The van der Waals surface area contributed by atoms with Gasteiger partial charge in [0, 0.05) is 47.8 Å². The molecule has 8 heteroatoms. The predicted molar refractivity (Wildman–Crippen MR) is 140 cm³/mol. The van der Waals surface area contributed by atoms with Crippen LogP contribution in [0.25, 0.3) is 5.65 Å². The van der Waals surface area contributed by atoms with E-state index in [9.17, 15) is 0 Å². The standard InChI is InChI=1S/C26H36N6OS/c1-8-28-31(7)24(19(3)18-33-9-2)27-16-20-12-10-11-13-22(20)34-21-14-15-23-29-30-25(26(4,5)6)32(23)17-21/h8,10-15,17,27H,9,16,18H2,1-7H3/b24-19+,28-8-. The molecule has 182 valence electrons. The van der Waals surface area contributed by atoms with Crippen LogP contribution in [0.3, 0.4) is 0 Å². The second-order valence-corrected chi connectivity index (χ2v) is 10.2. The number of hydrazone groups is 1. The summed E-state index contributed by atoms with van der Waals surface area (Å²) >= 11 is 1.74. The fourth-order valence-electron chi connectivity index (χ4n) is 3.59. The number of hydrogen-bond acceptors (Lipinski definition) is 7. The van der Waals surface area contributed by atoms with Gasteiger partial charge in [0.25, 0.3) is 0 Å². The summed E-state index contributed by atoms with van der Waals surface area (Å²) in [4.78, 5) is 2.34. The third-order valence-corrected chi connectivity index (χ3v) is 6.33. The number of aromatic nitrogens is 3. The second kappa shape index (κ2) is 11.5. The Bertz CT molecular complexity index is 1160. The molecule has 0 bridgehead atoms. The second-order valence-electron chi connectivity index (χ2n) is 9.09.